The number of halogens is 1. The van der Waals surface area contributed by atoms with E-state index in [2.05, 4.69) is 51.0 Å². The number of aromatic hydroxyl groups is 1. The number of nitrogens with one attached hydrogen (secondary N) is 2. The number of hydrogen-bond acceptors (Lipinski definition) is 4. The SMILES string of the molecule is O=C1C2NNC(c3ccccc3O)C2C(c2ccc(Br)cc2)N1CCc1ccccc1. The van der Waals surface area contributed by atoms with Crippen LogP contribution in [0.2, 0.25) is 0 Å². The third-order valence-electron chi connectivity index (χ3n) is 6.38. The van der Waals surface area contributed by atoms with Crippen LogP contribution in [-0.4, -0.2) is 28.5 Å². The van der Waals surface area contributed by atoms with Crippen LogP contribution in [0.25, 0.3) is 0 Å². The molecule has 2 fully saturated rings. The fourth-order valence-corrected chi connectivity index (χ4v) is 5.18. The van der Waals surface area contributed by atoms with Crippen LogP contribution in [0.5, 0.6) is 5.75 Å². The predicted octanol–water partition coefficient (Wildman–Crippen LogP) is 4.11. The summed E-state index contributed by atoms with van der Waals surface area (Å²) in [6.45, 7) is 0.645. The van der Waals surface area contributed by atoms with Gasteiger partial charge in [0.25, 0.3) is 0 Å². The van der Waals surface area contributed by atoms with Crippen molar-refractivity contribution in [2.75, 3.05) is 6.54 Å². The Bertz CT molecular complexity index is 1070. The van der Waals surface area contributed by atoms with Gasteiger partial charge in [-0.05, 0) is 35.7 Å². The van der Waals surface area contributed by atoms with Gasteiger partial charge in [0.1, 0.15) is 11.8 Å². The van der Waals surface area contributed by atoms with Crippen molar-refractivity contribution < 1.29 is 9.90 Å². The first-order valence-electron chi connectivity index (χ1n) is 10.5. The number of phenolic OH excluding ortho intramolecular Hbond substituents is 1. The summed E-state index contributed by atoms with van der Waals surface area (Å²) in [5.74, 6) is 0.296. The van der Waals surface area contributed by atoms with E-state index in [0.717, 1.165) is 22.0 Å². The van der Waals surface area contributed by atoms with E-state index in [-0.39, 0.29) is 35.7 Å². The van der Waals surface area contributed by atoms with Crippen LogP contribution >= 0.6 is 15.9 Å². The first-order chi connectivity index (χ1) is 15.1. The highest BCUT2D eigenvalue weighted by atomic mass is 79.9. The number of rotatable bonds is 5. The zero-order valence-corrected chi connectivity index (χ0v) is 18.5. The minimum Gasteiger partial charge on any atom is -0.508 e. The van der Waals surface area contributed by atoms with E-state index in [1.165, 1.54) is 5.56 Å². The standard InChI is InChI=1S/C25H24BrN3O2/c26-18-12-10-17(11-13-18)24-21-22(19-8-4-5-9-20(19)30)27-28-23(21)25(31)29(24)15-14-16-6-2-1-3-7-16/h1-13,21-24,27-28,30H,14-15H2. The van der Waals surface area contributed by atoms with Gasteiger partial charge in [-0.2, -0.15) is 0 Å². The molecule has 2 heterocycles. The van der Waals surface area contributed by atoms with Gasteiger partial charge in [-0.1, -0.05) is 76.6 Å². The van der Waals surface area contributed by atoms with Crippen LogP contribution in [0.1, 0.15) is 28.8 Å². The van der Waals surface area contributed by atoms with Gasteiger partial charge >= 0.3 is 0 Å². The second-order valence-electron chi connectivity index (χ2n) is 8.14. The van der Waals surface area contributed by atoms with Crippen LogP contribution in [0.4, 0.5) is 0 Å². The highest BCUT2D eigenvalue weighted by Crippen LogP contribution is 2.48. The number of carbonyl (C=O) groups excluding carboxylic acids is 1. The Morgan fingerprint density at radius 2 is 1.55 bits per heavy atom. The third-order valence-corrected chi connectivity index (χ3v) is 6.91. The molecule has 3 aromatic rings. The van der Waals surface area contributed by atoms with Crippen molar-refractivity contribution in [1.29, 1.82) is 0 Å². The molecule has 6 heteroatoms. The molecule has 2 aliphatic rings. The number of hydrazine groups is 1. The van der Waals surface area contributed by atoms with Crippen molar-refractivity contribution in [3.05, 3.63) is 100 Å². The van der Waals surface area contributed by atoms with E-state index in [9.17, 15) is 9.90 Å². The molecule has 0 aromatic heterocycles. The normalized spacial score (nSPS) is 25.1. The predicted molar refractivity (Wildman–Crippen MR) is 123 cm³/mol. The minimum atomic E-state index is -0.339. The summed E-state index contributed by atoms with van der Waals surface area (Å²) >= 11 is 3.52. The maximum Gasteiger partial charge on any atom is 0.242 e. The molecular formula is C25H24BrN3O2. The first kappa shape index (κ1) is 20.2. The Balaban J connectivity index is 1.51. The van der Waals surface area contributed by atoms with E-state index in [1.807, 2.05) is 53.4 Å². The van der Waals surface area contributed by atoms with Crippen molar-refractivity contribution in [2.24, 2.45) is 5.92 Å². The van der Waals surface area contributed by atoms with Crippen molar-refractivity contribution in [1.82, 2.24) is 15.8 Å². The number of para-hydroxylation sites is 1. The highest BCUT2D eigenvalue weighted by Gasteiger charge is 2.55. The second kappa shape index (κ2) is 8.46. The summed E-state index contributed by atoms with van der Waals surface area (Å²) in [4.78, 5) is 15.5. The summed E-state index contributed by atoms with van der Waals surface area (Å²) in [6, 6.07) is 25.2. The molecule has 1 amide bonds. The third kappa shape index (κ3) is 3.76. The van der Waals surface area contributed by atoms with Gasteiger partial charge in [0.15, 0.2) is 0 Å². The molecular weight excluding hydrogens is 454 g/mol. The van der Waals surface area contributed by atoms with Gasteiger partial charge < -0.3 is 10.0 Å². The molecule has 0 radical (unpaired) electrons. The number of fused-ring (bicyclic) bond motifs is 1. The maximum atomic E-state index is 13.5. The van der Waals surface area contributed by atoms with E-state index in [0.29, 0.717) is 6.54 Å². The molecule has 3 N–H and O–H groups in total. The lowest BCUT2D eigenvalue weighted by molar-refractivity contribution is -0.130. The Morgan fingerprint density at radius 1 is 0.871 bits per heavy atom. The van der Waals surface area contributed by atoms with Gasteiger partial charge in [0.05, 0.1) is 12.1 Å². The zero-order chi connectivity index (χ0) is 21.4. The van der Waals surface area contributed by atoms with E-state index in [1.54, 1.807) is 6.07 Å². The monoisotopic (exact) mass is 477 g/mol. The summed E-state index contributed by atoms with van der Waals surface area (Å²) in [5.41, 5.74) is 9.63. The minimum absolute atomic E-state index is 0.0438. The van der Waals surface area contributed by atoms with Crippen molar-refractivity contribution in [3.63, 3.8) is 0 Å². The summed E-state index contributed by atoms with van der Waals surface area (Å²) in [6.07, 6.45) is 0.799. The molecule has 0 saturated carbocycles. The number of phenols is 1. The number of carbonyl (C=O) groups is 1. The van der Waals surface area contributed by atoms with Crippen LogP contribution in [0, 0.1) is 5.92 Å². The van der Waals surface area contributed by atoms with Gasteiger partial charge in [0.2, 0.25) is 5.91 Å². The largest absolute Gasteiger partial charge is 0.508 e. The van der Waals surface area contributed by atoms with Gasteiger partial charge in [0, 0.05) is 22.5 Å². The second-order valence-corrected chi connectivity index (χ2v) is 9.06. The lowest BCUT2D eigenvalue weighted by Crippen LogP contribution is -2.42. The van der Waals surface area contributed by atoms with Gasteiger partial charge in [-0.15, -0.1) is 0 Å². The van der Waals surface area contributed by atoms with Crippen LogP contribution in [-0.2, 0) is 11.2 Å². The highest BCUT2D eigenvalue weighted by molar-refractivity contribution is 9.10. The Kier molecular flexibility index (Phi) is 5.52. The van der Waals surface area contributed by atoms with Crippen LogP contribution in [0.3, 0.4) is 0 Å². The fourth-order valence-electron chi connectivity index (χ4n) is 4.92. The quantitative estimate of drug-likeness (QED) is 0.517. The first-order valence-corrected chi connectivity index (χ1v) is 11.3. The van der Waals surface area contributed by atoms with Crippen LogP contribution < -0.4 is 10.9 Å². The molecule has 4 unspecified atom stereocenters. The molecule has 5 nitrogen and oxygen atoms in total. The topological polar surface area (TPSA) is 64.6 Å². The van der Waals surface area contributed by atoms with Gasteiger partial charge in [-0.3, -0.25) is 4.79 Å². The maximum absolute atomic E-state index is 13.5. The lowest BCUT2D eigenvalue weighted by atomic mass is 9.83. The smallest absolute Gasteiger partial charge is 0.242 e. The zero-order valence-electron chi connectivity index (χ0n) is 16.9. The van der Waals surface area contributed by atoms with Crippen molar-refractivity contribution >= 4 is 21.8 Å². The van der Waals surface area contributed by atoms with E-state index < -0.39 is 0 Å². The fraction of sp³-hybridized carbons (Fsp3) is 0.240. The van der Waals surface area contributed by atoms with Crippen molar-refractivity contribution in [2.45, 2.75) is 24.5 Å². The molecule has 0 bridgehead atoms. The Morgan fingerprint density at radius 3 is 2.29 bits per heavy atom. The molecule has 31 heavy (non-hydrogen) atoms. The average molecular weight is 478 g/mol. The number of benzene rings is 3. The molecule has 5 rings (SSSR count). The van der Waals surface area contributed by atoms with Crippen molar-refractivity contribution in [3.8, 4) is 5.75 Å². The van der Waals surface area contributed by atoms with Crippen LogP contribution in [0.15, 0.2) is 83.3 Å². The lowest BCUT2D eigenvalue weighted by Gasteiger charge is -2.31. The molecule has 3 aromatic carbocycles. The van der Waals surface area contributed by atoms with E-state index >= 15 is 0 Å². The molecule has 0 spiro atoms. The summed E-state index contributed by atoms with van der Waals surface area (Å²) in [7, 11) is 0. The van der Waals surface area contributed by atoms with Gasteiger partial charge in [-0.25, -0.2) is 10.9 Å². The Labute approximate surface area is 190 Å². The summed E-state index contributed by atoms with van der Waals surface area (Å²) < 4.78 is 1.01. The number of likely N-dealkylation sites (tertiary alicyclic amines) is 1. The number of hydrogen-bond donors (Lipinski definition) is 3. The molecule has 4 atom stereocenters. The average Bonchev–Trinajstić information content (AvgIpc) is 3.33. The molecule has 2 aliphatic heterocycles. The number of amides is 1. The molecule has 158 valence electrons. The molecule has 2 saturated heterocycles. The number of nitrogens with zero attached hydrogens (tertiary/aromatic N) is 1. The Hall–Kier alpha value is -2.67. The summed E-state index contributed by atoms with van der Waals surface area (Å²) in [5, 5.41) is 10.5. The molecule has 0 aliphatic carbocycles. The van der Waals surface area contributed by atoms with E-state index in [4.69, 9.17) is 0 Å².